The van der Waals surface area contributed by atoms with Crippen LogP contribution in [0.3, 0.4) is 0 Å². The van der Waals surface area contributed by atoms with E-state index < -0.39 is 6.10 Å². The van der Waals surface area contributed by atoms with Crippen LogP contribution in [0.25, 0.3) is 0 Å². The van der Waals surface area contributed by atoms with Crippen LogP contribution in [-0.4, -0.2) is 33.8 Å². The van der Waals surface area contributed by atoms with E-state index in [1.54, 1.807) is 0 Å². The van der Waals surface area contributed by atoms with E-state index in [1.165, 1.54) is 23.1 Å². The minimum atomic E-state index is -0.573. The number of aliphatic hydroxyl groups is 1. The van der Waals surface area contributed by atoms with E-state index in [0.29, 0.717) is 5.75 Å². The minimum Gasteiger partial charge on any atom is -0.491 e. The second-order valence-corrected chi connectivity index (χ2v) is 8.10. The van der Waals surface area contributed by atoms with Gasteiger partial charge in [-0.3, -0.25) is 0 Å². The largest absolute Gasteiger partial charge is 0.491 e. The summed E-state index contributed by atoms with van der Waals surface area (Å²) in [5, 5.41) is 22.5. The van der Waals surface area contributed by atoms with Crippen LogP contribution < -0.4 is 10.1 Å². The number of nitrogens with zero attached hydrogens (tertiary/aromatic N) is 2. The minimum absolute atomic E-state index is 0.255. The number of hydrogen-bond acceptors (Lipinski definition) is 7. The van der Waals surface area contributed by atoms with Crippen molar-refractivity contribution in [3.63, 3.8) is 0 Å². The Morgan fingerprint density at radius 2 is 1.81 bits per heavy atom. The highest BCUT2D eigenvalue weighted by molar-refractivity contribution is 8.01. The van der Waals surface area contributed by atoms with E-state index in [1.807, 2.05) is 62.4 Å². The Kier molecular flexibility index (Phi) is 6.49. The molecule has 0 aliphatic carbocycles. The maximum absolute atomic E-state index is 10.1. The van der Waals surface area contributed by atoms with Crippen LogP contribution >= 0.6 is 23.1 Å². The van der Waals surface area contributed by atoms with Crippen molar-refractivity contribution in [1.82, 2.24) is 10.2 Å². The second-order valence-electron chi connectivity index (χ2n) is 5.85. The van der Waals surface area contributed by atoms with Crippen molar-refractivity contribution in [3.05, 3.63) is 59.7 Å². The van der Waals surface area contributed by atoms with Crippen LogP contribution in [0.2, 0.25) is 0 Å². The summed E-state index contributed by atoms with van der Waals surface area (Å²) in [5.41, 5.74) is 3.23. The Hall–Kier alpha value is -2.09. The fourth-order valence-electron chi connectivity index (χ4n) is 2.27. The monoisotopic (exact) mass is 387 g/mol. The molecule has 0 radical (unpaired) electrons. The van der Waals surface area contributed by atoms with Gasteiger partial charge in [0.2, 0.25) is 5.13 Å². The van der Waals surface area contributed by atoms with E-state index in [2.05, 4.69) is 15.5 Å². The zero-order valence-corrected chi connectivity index (χ0v) is 16.3. The molecule has 0 fully saturated rings. The number of hydrogen-bond donors (Lipinski definition) is 2. The lowest BCUT2D eigenvalue weighted by Gasteiger charge is -2.12. The van der Waals surface area contributed by atoms with E-state index >= 15 is 0 Å². The Balaban J connectivity index is 1.47. The maximum atomic E-state index is 10.1. The van der Waals surface area contributed by atoms with Crippen LogP contribution in [0.4, 0.5) is 10.8 Å². The summed E-state index contributed by atoms with van der Waals surface area (Å²) in [6.45, 7) is 4.29. The number of aromatic nitrogens is 2. The summed E-state index contributed by atoms with van der Waals surface area (Å²) < 4.78 is 6.49. The van der Waals surface area contributed by atoms with Gasteiger partial charge >= 0.3 is 0 Å². The lowest BCUT2D eigenvalue weighted by atomic mass is 10.2. The molecule has 2 N–H and O–H groups in total. The Labute approximate surface area is 161 Å². The van der Waals surface area contributed by atoms with Crippen LogP contribution in [-0.2, 0) is 0 Å². The number of aliphatic hydroxyl groups excluding tert-OH is 1. The van der Waals surface area contributed by atoms with Gasteiger partial charge in [0.1, 0.15) is 12.4 Å². The molecule has 0 spiro atoms. The maximum Gasteiger partial charge on any atom is 0.210 e. The number of thioether (sulfide) groups is 1. The summed E-state index contributed by atoms with van der Waals surface area (Å²) in [6.07, 6.45) is -0.573. The molecule has 2 aromatic carbocycles. The van der Waals surface area contributed by atoms with Gasteiger partial charge < -0.3 is 15.2 Å². The van der Waals surface area contributed by atoms with Crippen molar-refractivity contribution in [1.29, 1.82) is 0 Å². The third-order valence-corrected chi connectivity index (χ3v) is 5.83. The molecule has 3 rings (SSSR count). The Bertz CT molecular complexity index is 854. The predicted octanol–water partition coefficient (Wildman–Crippen LogP) is 4.43. The van der Waals surface area contributed by atoms with Crippen molar-refractivity contribution in [2.75, 3.05) is 17.7 Å². The van der Waals surface area contributed by atoms with Crippen molar-refractivity contribution in [2.45, 2.75) is 24.3 Å². The number of benzene rings is 2. The average Bonchev–Trinajstić information content (AvgIpc) is 3.09. The number of rotatable bonds is 8. The molecule has 1 aromatic heterocycles. The fourth-order valence-corrected chi connectivity index (χ4v) is 3.96. The SMILES string of the molecule is Cc1ccccc1Nc1nnc(SC[C@@H](O)COc2ccccc2C)s1. The summed E-state index contributed by atoms with van der Waals surface area (Å²) in [4.78, 5) is 0. The molecule has 0 amide bonds. The average molecular weight is 388 g/mol. The first-order valence-electron chi connectivity index (χ1n) is 8.27. The number of aryl methyl sites for hydroxylation is 2. The topological polar surface area (TPSA) is 67.3 Å². The molecule has 0 aliphatic heterocycles. The van der Waals surface area contributed by atoms with Gasteiger partial charge in [-0.05, 0) is 37.1 Å². The van der Waals surface area contributed by atoms with Crippen LogP contribution in [0.1, 0.15) is 11.1 Å². The lowest BCUT2D eigenvalue weighted by Crippen LogP contribution is -2.20. The molecule has 0 bridgehead atoms. The third-order valence-electron chi connectivity index (χ3n) is 3.72. The molecule has 136 valence electrons. The molecule has 7 heteroatoms. The summed E-state index contributed by atoms with van der Waals surface area (Å²) in [7, 11) is 0. The molecule has 3 aromatic rings. The number of para-hydroxylation sites is 2. The number of nitrogens with one attached hydrogen (secondary N) is 1. The highest BCUT2D eigenvalue weighted by Crippen LogP contribution is 2.29. The summed E-state index contributed by atoms with van der Waals surface area (Å²) in [6, 6.07) is 15.8. The molecule has 0 saturated carbocycles. The van der Waals surface area contributed by atoms with Crippen molar-refractivity contribution in [2.24, 2.45) is 0 Å². The van der Waals surface area contributed by atoms with Crippen molar-refractivity contribution < 1.29 is 9.84 Å². The molecular formula is C19H21N3O2S2. The molecule has 1 atom stereocenters. The van der Waals surface area contributed by atoms with Gasteiger partial charge in [0.25, 0.3) is 0 Å². The molecular weight excluding hydrogens is 366 g/mol. The summed E-state index contributed by atoms with van der Waals surface area (Å²) in [5.74, 6) is 1.31. The predicted molar refractivity (Wildman–Crippen MR) is 108 cm³/mol. The van der Waals surface area contributed by atoms with E-state index in [9.17, 15) is 5.11 Å². The molecule has 26 heavy (non-hydrogen) atoms. The first kappa shape index (κ1) is 18.7. The molecule has 0 unspecified atom stereocenters. The fraction of sp³-hybridized carbons (Fsp3) is 0.263. The number of anilines is 2. The van der Waals surface area contributed by atoms with Gasteiger partial charge in [0, 0.05) is 11.4 Å². The standard InChI is InChI=1S/C19H21N3O2S2/c1-13-7-3-5-9-16(13)20-18-21-22-19(26-18)25-12-15(23)11-24-17-10-6-4-8-14(17)2/h3-10,15,23H,11-12H2,1-2H3,(H,20,21)/t15-/m0/s1. The highest BCUT2D eigenvalue weighted by atomic mass is 32.2. The smallest absolute Gasteiger partial charge is 0.210 e. The highest BCUT2D eigenvalue weighted by Gasteiger charge is 2.11. The molecule has 1 heterocycles. The molecule has 0 aliphatic rings. The van der Waals surface area contributed by atoms with Gasteiger partial charge in [0.15, 0.2) is 4.34 Å². The van der Waals surface area contributed by atoms with Crippen molar-refractivity contribution >= 4 is 33.9 Å². The Morgan fingerprint density at radius 3 is 2.58 bits per heavy atom. The molecule has 0 saturated heterocycles. The van der Waals surface area contributed by atoms with Crippen LogP contribution in [0.5, 0.6) is 5.75 Å². The normalized spacial score (nSPS) is 12.0. The van der Waals surface area contributed by atoms with Crippen LogP contribution in [0, 0.1) is 13.8 Å². The third kappa shape index (κ3) is 5.20. The molecule has 5 nitrogen and oxygen atoms in total. The first-order chi connectivity index (χ1) is 12.6. The van der Waals surface area contributed by atoms with Crippen molar-refractivity contribution in [3.8, 4) is 5.75 Å². The van der Waals surface area contributed by atoms with Gasteiger partial charge in [-0.2, -0.15) is 0 Å². The van der Waals surface area contributed by atoms with E-state index in [-0.39, 0.29) is 6.61 Å². The first-order valence-corrected chi connectivity index (χ1v) is 10.1. The van der Waals surface area contributed by atoms with Gasteiger partial charge in [-0.15, -0.1) is 10.2 Å². The Morgan fingerprint density at radius 1 is 1.08 bits per heavy atom. The van der Waals surface area contributed by atoms with Gasteiger partial charge in [0.05, 0.1) is 6.10 Å². The van der Waals surface area contributed by atoms with Gasteiger partial charge in [-0.25, -0.2) is 0 Å². The van der Waals surface area contributed by atoms with E-state index in [4.69, 9.17) is 4.74 Å². The zero-order chi connectivity index (χ0) is 18.4. The number of ether oxygens (including phenoxy) is 1. The lowest BCUT2D eigenvalue weighted by molar-refractivity contribution is 0.126. The van der Waals surface area contributed by atoms with E-state index in [0.717, 1.165) is 32.0 Å². The zero-order valence-electron chi connectivity index (χ0n) is 14.7. The summed E-state index contributed by atoms with van der Waals surface area (Å²) >= 11 is 2.95. The van der Waals surface area contributed by atoms with Crippen LogP contribution in [0.15, 0.2) is 52.9 Å². The second kappa shape index (κ2) is 9.02. The van der Waals surface area contributed by atoms with Gasteiger partial charge in [-0.1, -0.05) is 59.5 Å². The quantitative estimate of drug-likeness (QED) is 0.557.